The van der Waals surface area contributed by atoms with Crippen LogP contribution in [0.3, 0.4) is 0 Å². The number of hydrogen-bond acceptors (Lipinski definition) is 11. The molecule has 0 saturated carbocycles. The summed E-state index contributed by atoms with van der Waals surface area (Å²) in [6, 6.07) is 20.7. The fraction of sp³-hybridized carbons (Fsp3) is 0.200. The van der Waals surface area contributed by atoms with E-state index in [0.717, 1.165) is 37.2 Å². The average Bonchev–Trinajstić information content (AvgIpc) is 3.56. The van der Waals surface area contributed by atoms with Gasteiger partial charge in [-0.1, -0.05) is 17.7 Å². The molecule has 0 unspecified atom stereocenters. The number of hydrogen-bond donors (Lipinski definition) is 4. The maximum Gasteiger partial charge on any atom is 0.260 e. The summed E-state index contributed by atoms with van der Waals surface area (Å²) < 4.78 is 21.8. The highest BCUT2D eigenvalue weighted by Gasteiger charge is 2.22. The molecule has 0 radical (unpaired) electrons. The molecule has 2 aliphatic rings. The second-order valence-corrected chi connectivity index (χ2v) is 11.5. The minimum atomic E-state index is -0.654. The molecule has 3 heterocycles. The predicted octanol–water partition coefficient (Wildman–Crippen LogP) is 5.50. The van der Waals surface area contributed by atoms with Gasteiger partial charge >= 0.3 is 0 Å². The summed E-state index contributed by atoms with van der Waals surface area (Å²) in [6.07, 6.45) is 0. The van der Waals surface area contributed by atoms with Crippen LogP contribution in [0, 0.1) is 0 Å². The van der Waals surface area contributed by atoms with Crippen LogP contribution in [0.15, 0.2) is 88.1 Å². The summed E-state index contributed by atoms with van der Waals surface area (Å²) >= 11 is 5.85. The number of aromatic hydroxyl groups is 4. The molecule has 1 aromatic heterocycles. The molecule has 49 heavy (non-hydrogen) atoms. The predicted molar refractivity (Wildman–Crippen MR) is 183 cm³/mol. The highest BCUT2D eigenvalue weighted by Crippen LogP contribution is 2.36. The van der Waals surface area contributed by atoms with Crippen LogP contribution < -0.4 is 19.6 Å². The zero-order valence-electron chi connectivity index (χ0n) is 25.9. The van der Waals surface area contributed by atoms with Gasteiger partial charge in [0.2, 0.25) is 18.0 Å². The Morgan fingerprint density at radius 3 is 2.29 bits per heavy atom. The van der Waals surface area contributed by atoms with Gasteiger partial charge in [0.1, 0.15) is 17.1 Å². The van der Waals surface area contributed by atoms with Crippen molar-refractivity contribution < 1.29 is 43.8 Å². The molecule has 2 aliphatic heterocycles. The van der Waals surface area contributed by atoms with Crippen LogP contribution in [0.5, 0.6) is 40.2 Å². The summed E-state index contributed by atoms with van der Waals surface area (Å²) in [5.74, 6) is 0.657. The number of phenolic OH excluding ortho intramolecular Hbond substituents is 3. The molecule has 1 fully saturated rings. The van der Waals surface area contributed by atoms with E-state index in [1.54, 1.807) is 24.3 Å². The number of nitrogens with zero attached hydrogens (tertiary/aromatic N) is 2. The molecule has 0 spiro atoms. The van der Waals surface area contributed by atoms with E-state index in [-0.39, 0.29) is 65.5 Å². The van der Waals surface area contributed by atoms with Crippen molar-refractivity contribution >= 4 is 40.9 Å². The van der Waals surface area contributed by atoms with E-state index in [1.165, 1.54) is 35.9 Å². The first-order chi connectivity index (χ1) is 23.1. The normalized spacial score (nSPS) is 13.7. The number of benzene rings is 4. The topological polar surface area (TPSA) is 162 Å². The van der Waals surface area contributed by atoms with Gasteiger partial charge in [0.25, 0.3) is 5.91 Å². The number of piperazine rings is 1. The van der Waals surface area contributed by atoms with E-state index in [9.17, 15) is 30.0 Å². The number of carbonyl (C=O) groups excluding carboxylic acids is 1. The fourth-order valence-electron chi connectivity index (χ4n) is 5.25. The SMILES string of the molecule is Cl.O=C(COc1ccc(Cl)cc1)N1CCN(Cc2ccc3c(c2)OCO3)CC1.O=c1c(O)c(-c2ccc(O)c(O)c2)oc2cc(O)ccc12. The molecule has 12 nitrogen and oxygen atoms in total. The molecule has 1 amide bonds. The summed E-state index contributed by atoms with van der Waals surface area (Å²) in [7, 11) is 0. The minimum Gasteiger partial charge on any atom is -0.508 e. The number of rotatable bonds is 6. The molecule has 256 valence electrons. The Balaban J connectivity index is 0.000000193. The first-order valence-electron chi connectivity index (χ1n) is 14.9. The Morgan fingerprint density at radius 2 is 1.55 bits per heavy atom. The highest BCUT2D eigenvalue weighted by molar-refractivity contribution is 6.30. The van der Waals surface area contributed by atoms with Crippen molar-refractivity contribution in [2.45, 2.75) is 6.54 Å². The monoisotopic (exact) mass is 710 g/mol. The van der Waals surface area contributed by atoms with Crippen LogP contribution >= 0.6 is 24.0 Å². The molecule has 7 rings (SSSR count). The number of carbonyl (C=O) groups is 1. The van der Waals surface area contributed by atoms with Gasteiger partial charge in [-0.05, 0) is 72.3 Å². The second-order valence-electron chi connectivity index (χ2n) is 11.1. The standard InChI is InChI=1S/C20H21ClN2O4.C15H10O6.ClH/c21-16-2-4-17(5-3-16)25-13-20(24)23-9-7-22(8-10-23)12-15-1-6-18-19(11-15)27-14-26-18;16-8-2-3-9-12(6-8)21-15(14(20)13(9)19)7-1-4-10(17)11(18)5-7;/h1-6,11H,7-10,12-14H2;1-6,16-18,20H;1H. The van der Waals surface area contributed by atoms with E-state index in [2.05, 4.69) is 11.0 Å². The smallest absolute Gasteiger partial charge is 0.260 e. The van der Waals surface area contributed by atoms with Crippen LogP contribution in [-0.2, 0) is 11.3 Å². The fourth-order valence-corrected chi connectivity index (χ4v) is 5.38. The third kappa shape index (κ3) is 8.23. The minimum absolute atomic E-state index is 0. The van der Waals surface area contributed by atoms with Gasteiger partial charge in [-0.15, -0.1) is 12.4 Å². The van der Waals surface area contributed by atoms with Crippen molar-refractivity contribution in [3.8, 4) is 51.6 Å². The van der Waals surface area contributed by atoms with Crippen molar-refractivity contribution in [2.75, 3.05) is 39.6 Å². The van der Waals surface area contributed by atoms with Crippen LogP contribution in [0.4, 0.5) is 0 Å². The highest BCUT2D eigenvalue weighted by atomic mass is 35.5. The van der Waals surface area contributed by atoms with Gasteiger partial charge in [0.05, 0.1) is 5.39 Å². The number of halogens is 2. The number of amides is 1. The van der Waals surface area contributed by atoms with Gasteiger partial charge in [-0.2, -0.15) is 0 Å². The Morgan fingerprint density at radius 1 is 0.816 bits per heavy atom. The van der Waals surface area contributed by atoms with Crippen molar-refractivity contribution in [3.63, 3.8) is 0 Å². The van der Waals surface area contributed by atoms with Crippen molar-refractivity contribution in [3.05, 3.63) is 99.7 Å². The van der Waals surface area contributed by atoms with Crippen molar-refractivity contribution in [1.82, 2.24) is 9.80 Å². The van der Waals surface area contributed by atoms with Crippen molar-refractivity contribution in [1.29, 1.82) is 0 Å². The van der Waals surface area contributed by atoms with Gasteiger partial charge in [-0.25, -0.2) is 0 Å². The first kappa shape index (κ1) is 35.0. The Hall–Kier alpha value is -5.30. The molecule has 14 heteroatoms. The van der Waals surface area contributed by atoms with Crippen LogP contribution in [0.1, 0.15) is 5.56 Å². The first-order valence-corrected chi connectivity index (χ1v) is 15.3. The zero-order chi connectivity index (χ0) is 33.8. The lowest BCUT2D eigenvalue weighted by atomic mass is 10.1. The summed E-state index contributed by atoms with van der Waals surface area (Å²) in [5.41, 5.74) is 0.842. The lowest BCUT2D eigenvalue weighted by molar-refractivity contribution is -0.135. The van der Waals surface area contributed by atoms with E-state index in [4.69, 9.17) is 30.2 Å². The Kier molecular flexibility index (Phi) is 10.9. The molecule has 1 saturated heterocycles. The van der Waals surface area contributed by atoms with Crippen LogP contribution in [0.2, 0.25) is 5.02 Å². The number of fused-ring (bicyclic) bond motifs is 2. The lowest BCUT2D eigenvalue weighted by Crippen LogP contribution is -2.49. The molecule has 5 aromatic rings. The van der Waals surface area contributed by atoms with Gasteiger partial charge in [-0.3, -0.25) is 14.5 Å². The average molecular weight is 712 g/mol. The van der Waals surface area contributed by atoms with Gasteiger partial charge < -0.3 is 44.0 Å². The molecule has 0 atom stereocenters. The molecule has 0 aliphatic carbocycles. The molecular weight excluding hydrogens is 679 g/mol. The van der Waals surface area contributed by atoms with E-state index < -0.39 is 16.9 Å². The third-order valence-corrected chi connectivity index (χ3v) is 8.09. The molecule has 0 bridgehead atoms. The lowest BCUT2D eigenvalue weighted by Gasteiger charge is -2.34. The second kappa shape index (κ2) is 15.3. The van der Waals surface area contributed by atoms with E-state index in [0.29, 0.717) is 23.9 Å². The molecule has 4 aromatic carbocycles. The molecular formula is C35H32Cl2N2O10. The maximum atomic E-state index is 12.4. The summed E-state index contributed by atoms with van der Waals surface area (Å²) in [5, 5.41) is 38.9. The Bertz CT molecular complexity index is 2010. The van der Waals surface area contributed by atoms with Crippen molar-refractivity contribution in [2.24, 2.45) is 0 Å². The number of phenols is 3. The quantitative estimate of drug-likeness (QED) is 0.165. The largest absolute Gasteiger partial charge is 0.508 e. The maximum absolute atomic E-state index is 12.4. The third-order valence-electron chi connectivity index (χ3n) is 7.83. The summed E-state index contributed by atoms with van der Waals surface area (Å²) in [4.78, 5) is 28.6. The van der Waals surface area contributed by atoms with Crippen LogP contribution in [-0.4, -0.2) is 75.7 Å². The summed E-state index contributed by atoms with van der Waals surface area (Å²) in [6.45, 7) is 4.24. The van der Waals surface area contributed by atoms with Gasteiger partial charge in [0, 0.05) is 49.4 Å². The number of ether oxygens (including phenoxy) is 3. The Labute approximate surface area is 291 Å². The van der Waals surface area contributed by atoms with E-state index >= 15 is 0 Å². The zero-order valence-corrected chi connectivity index (χ0v) is 27.4. The van der Waals surface area contributed by atoms with E-state index in [1.807, 2.05) is 17.0 Å². The molecule has 4 N–H and O–H groups in total. The van der Waals surface area contributed by atoms with Gasteiger partial charge in [0.15, 0.2) is 35.4 Å². The van der Waals surface area contributed by atoms with Crippen LogP contribution in [0.25, 0.3) is 22.3 Å².